The van der Waals surface area contributed by atoms with Gasteiger partial charge in [0.05, 0.1) is 12.5 Å². The van der Waals surface area contributed by atoms with Crippen LogP contribution >= 0.6 is 0 Å². The summed E-state index contributed by atoms with van der Waals surface area (Å²) in [6.07, 6.45) is 15.9. The summed E-state index contributed by atoms with van der Waals surface area (Å²) in [6.45, 7) is 4.79. The van der Waals surface area contributed by atoms with Gasteiger partial charge in [0.25, 0.3) is 0 Å². The monoisotopic (exact) mass is 660 g/mol. The maximum atomic E-state index is 13.6. The minimum absolute atomic E-state index is 0.0799. The van der Waals surface area contributed by atoms with Gasteiger partial charge in [-0.3, -0.25) is 14.4 Å². The smallest absolute Gasteiger partial charge is 0.336 e. The van der Waals surface area contributed by atoms with Crippen molar-refractivity contribution in [2.75, 3.05) is 27.4 Å². The average molecular weight is 661 g/mol. The maximum absolute atomic E-state index is 13.6. The van der Waals surface area contributed by atoms with Gasteiger partial charge in [-0.1, -0.05) is 83.1 Å². The van der Waals surface area contributed by atoms with Crippen molar-refractivity contribution in [2.24, 2.45) is 5.92 Å². The number of allylic oxidation sites excluding steroid dienone is 1. The van der Waals surface area contributed by atoms with E-state index in [4.69, 9.17) is 9.47 Å². The minimum atomic E-state index is -2.45. The van der Waals surface area contributed by atoms with Gasteiger partial charge in [-0.2, -0.15) is 0 Å². The number of hydrogen-bond donors (Lipinski definition) is 4. The molecule has 0 fully saturated rings. The van der Waals surface area contributed by atoms with Crippen LogP contribution in [0.4, 0.5) is 0 Å². The molecule has 4 N–H and O–H groups in total. The lowest BCUT2D eigenvalue weighted by Gasteiger charge is -2.31. The van der Waals surface area contributed by atoms with Crippen LogP contribution < -0.4 is 15.4 Å². The number of methoxy groups -OCH3 is 1. The second-order valence-electron chi connectivity index (χ2n) is 12.3. The van der Waals surface area contributed by atoms with Crippen molar-refractivity contribution in [1.29, 1.82) is 0 Å². The molecule has 10 nitrogen and oxygen atoms in total. The fourth-order valence-electron chi connectivity index (χ4n) is 5.27. The fraction of sp³-hybridized carbons (Fsp3) is 0.676. The molecule has 266 valence electrons. The van der Waals surface area contributed by atoms with E-state index in [1.54, 1.807) is 18.2 Å². The number of hydrogen-bond acceptors (Lipinski definition) is 7. The molecule has 3 atom stereocenters. The topological polar surface area (TPSA) is 151 Å². The molecule has 0 aliphatic heterocycles. The Morgan fingerprint density at radius 3 is 2.04 bits per heavy atom. The first-order valence-electron chi connectivity index (χ1n) is 17.5. The van der Waals surface area contributed by atoms with E-state index in [-0.39, 0.29) is 19.4 Å². The largest absolute Gasteiger partial charge is 0.494 e. The summed E-state index contributed by atoms with van der Waals surface area (Å²) in [5.74, 6) is -3.21. The number of nitrogens with one attached hydrogen (secondary N) is 2. The maximum Gasteiger partial charge on any atom is 0.336 e. The van der Waals surface area contributed by atoms with Gasteiger partial charge in [0.1, 0.15) is 17.6 Å². The predicted octanol–water partition coefficient (Wildman–Crippen LogP) is 5.93. The summed E-state index contributed by atoms with van der Waals surface area (Å²) in [6, 6.07) is 6.24. The molecule has 0 spiro atoms. The molecule has 0 radical (unpaired) electrons. The SMILES string of the molecule is CCCCCCCC(=O)CCCCCCC=C[C@H](C(=O)N[C@@H](Cc1ccc(OCCCC)cc1)C(=O)NC)[C@@](O)(CCOC)C(=O)O. The second-order valence-corrected chi connectivity index (χ2v) is 12.3. The van der Waals surface area contributed by atoms with E-state index in [2.05, 4.69) is 24.5 Å². The number of benzene rings is 1. The number of amides is 2. The van der Waals surface area contributed by atoms with E-state index in [9.17, 15) is 29.4 Å². The highest BCUT2D eigenvalue weighted by Gasteiger charge is 2.47. The molecular formula is C37H60N2O8. The number of ether oxygens (including phenoxy) is 2. The van der Waals surface area contributed by atoms with Crippen LogP contribution in [-0.4, -0.2) is 72.8 Å². The van der Waals surface area contributed by atoms with Gasteiger partial charge >= 0.3 is 5.97 Å². The third-order valence-electron chi connectivity index (χ3n) is 8.33. The summed E-state index contributed by atoms with van der Waals surface area (Å²) in [5.41, 5.74) is -1.67. The highest BCUT2D eigenvalue weighted by Crippen LogP contribution is 2.26. The van der Waals surface area contributed by atoms with Crippen LogP contribution in [0.5, 0.6) is 5.75 Å². The molecule has 1 aromatic carbocycles. The number of aliphatic hydroxyl groups is 1. The number of carbonyl (C=O) groups is 4. The minimum Gasteiger partial charge on any atom is -0.494 e. The van der Waals surface area contributed by atoms with Crippen LogP contribution in [0.3, 0.4) is 0 Å². The molecule has 0 saturated heterocycles. The van der Waals surface area contributed by atoms with Gasteiger partial charge in [0, 0.05) is 46.4 Å². The number of rotatable bonds is 28. The Morgan fingerprint density at radius 1 is 0.851 bits per heavy atom. The molecule has 0 aliphatic carbocycles. The van der Waals surface area contributed by atoms with E-state index in [0.717, 1.165) is 56.9 Å². The number of unbranched alkanes of at least 4 members (excludes halogenated alkanes) is 9. The molecule has 1 rings (SSSR count). The Morgan fingerprint density at radius 2 is 1.47 bits per heavy atom. The van der Waals surface area contributed by atoms with E-state index in [1.807, 2.05) is 12.1 Å². The average Bonchev–Trinajstić information content (AvgIpc) is 3.06. The molecule has 0 heterocycles. The Hall–Kier alpha value is -3.24. The molecule has 0 unspecified atom stereocenters. The molecule has 2 amide bonds. The normalized spacial score (nSPS) is 13.9. The fourth-order valence-corrected chi connectivity index (χ4v) is 5.27. The van der Waals surface area contributed by atoms with Crippen molar-refractivity contribution in [1.82, 2.24) is 10.6 Å². The zero-order valence-electron chi connectivity index (χ0n) is 29.2. The van der Waals surface area contributed by atoms with E-state index in [1.165, 1.54) is 39.5 Å². The second kappa shape index (κ2) is 24.9. The van der Waals surface area contributed by atoms with Crippen LogP contribution in [0.2, 0.25) is 0 Å². The van der Waals surface area contributed by atoms with Crippen molar-refractivity contribution in [3.05, 3.63) is 42.0 Å². The molecular weight excluding hydrogens is 600 g/mol. The Bertz CT molecular complexity index is 1070. The van der Waals surface area contributed by atoms with Crippen molar-refractivity contribution in [2.45, 2.75) is 128 Å². The summed E-state index contributed by atoms with van der Waals surface area (Å²) < 4.78 is 10.7. The lowest BCUT2D eigenvalue weighted by molar-refractivity contribution is -0.168. The van der Waals surface area contributed by atoms with Gasteiger partial charge in [-0.25, -0.2) is 4.79 Å². The van der Waals surface area contributed by atoms with Crippen LogP contribution in [0.15, 0.2) is 36.4 Å². The van der Waals surface area contributed by atoms with E-state index in [0.29, 0.717) is 37.4 Å². The molecule has 1 aromatic rings. The predicted molar refractivity (Wildman–Crippen MR) is 184 cm³/mol. The van der Waals surface area contributed by atoms with Crippen LogP contribution in [0, 0.1) is 5.92 Å². The van der Waals surface area contributed by atoms with Crippen molar-refractivity contribution in [3.8, 4) is 5.75 Å². The summed E-state index contributed by atoms with van der Waals surface area (Å²) in [4.78, 5) is 50.8. The van der Waals surface area contributed by atoms with Crippen LogP contribution in [0.25, 0.3) is 0 Å². The van der Waals surface area contributed by atoms with Gasteiger partial charge in [-0.05, 0) is 49.8 Å². The molecule has 0 aliphatic rings. The van der Waals surface area contributed by atoms with Gasteiger partial charge in [-0.15, -0.1) is 0 Å². The lowest BCUT2D eigenvalue weighted by Crippen LogP contribution is -2.56. The highest BCUT2D eigenvalue weighted by molar-refractivity contribution is 5.93. The molecule has 10 heteroatoms. The molecule has 47 heavy (non-hydrogen) atoms. The number of Topliss-reactive ketones (excluding diaryl/α,β-unsaturated/α-hetero) is 1. The molecule has 0 aromatic heterocycles. The van der Waals surface area contributed by atoms with Crippen LogP contribution in [0.1, 0.15) is 116 Å². The van der Waals surface area contributed by atoms with Crippen molar-refractivity contribution >= 4 is 23.6 Å². The molecule has 0 bridgehead atoms. The number of aliphatic carboxylic acids is 1. The Balaban J connectivity index is 2.85. The number of carboxylic acids is 1. The number of carbonyl (C=O) groups excluding carboxylic acids is 3. The highest BCUT2D eigenvalue weighted by atomic mass is 16.5. The number of ketones is 1. The Kier molecular flexibility index (Phi) is 22.1. The quantitative estimate of drug-likeness (QED) is 0.0638. The van der Waals surface area contributed by atoms with E-state index < -0.39 is 35.3 Å². The first-order valence-corrected chi connectivity index (χ1v) is 17.5. The third kappa shape index (κ3) is 16.9. The first-order chi connectivity index (χ1) is 22.6. The van der Waals surface area contributed by atoms with E-state index >= 15 is 0 Å². The number of carboxylic acid groups (broad SMARTS) is 1. The zero-order chi connectivity index (χ0) is 34.9. The standard InChI is InChI=1S/C37H60N2O8/c1-5-7-9-12-15-18-30(40)19-16-13-10-11-14-17-20-32(37(45,36(43)44)25-27-46-4)34(41)39-33(35(42)38-3)28-29-21-23-31(24-22-29)47-26-8-6-2/h17,20-24,32-33,45H,5-16,18-19,25-28H2,1-4H3,(H,38,42)(H,39,41)(H,43,44)/t32-,33+,37+/m1/s1. The summed E-state index contributed by atoms with van der Waals surface area (Å²) >= 11 is 0. The Labute approximate surface area is 282 Å². The van der Waals surface area contributed by atoms with Gasteiger partial charge < -0.3 is 30.3 Å². The summed E-state index contributed by atoms with van der Waals surface area (Å²) in [5, 5.41) is 26.5. The zero-order valence-corrected chi connectivity index (χ0v) is 29.2. The van der Waals surface area contributed by atoms with Crippen molar-refractivity contribution < 1.29 is 38.9 Å². The third-order valence-corrected chi connectivity index (χ3v) is 8.33. The lowest BCUT2D eigenvalue weighted by atomic mass is 9.83. The summed E-state index contributed by atoms with van der Waals surface area (Å²) in [7, 11) is 2.84. The first kappa shape index (κ1) is 41.8. The molecule has 0 saturated carbocycles. The van der Waals surface area contributed by atoms with Crippen molar-refractivity contribution in [3.63, 3.8) is 0 Å². The van der Waals surface area contributed by atoms with Gasteiger partial charge in [0.15, 0.2) is 5.60 Å². The van der Waals surface area contributed by atoms with Crippen LogP contribution in [-0.2, 0) is 30.3 Å². The number of likely N-dealkylation sites (N-methyl/N-ethyl adjacent to an activating group) is 1. The van der Waals surface area contributed by atoms with Gasteiger partial charge in [0.2, 0.25) is 11.8 Å².